The molecular weight excluding hydrogens is 308 g/mol. The fourth-order valence-electron chi connectivity index (χ4n) is 2.58. The van der Waals surface area contributed by atoms with Crippen LogP contribution in [0, 0.1) is 6.92 Å². The molecule has 7 heteroatoms. The molecule has 0 saturated carbocycles. The second-order valence-corrected chi connectivity index (χ2v) is 6.35. The number of hydrogen-bond acceptors (Lipinski definition) is 5. The van der Waals surface area contributed by atoms with Crippen LogP contribution in [0.15, 0.2) is 42.3 Å². The van der Waals surface area contributed by atoms with Gasteiger partial charge in [-0.15, -0.1) is 11.3 Å². The Morgan fingerprint density at radius 1 is 1.30 bits per heavy atom. The molecule has 0 bridgehead atoms. The molecule has 116 valence electrons. The number of anilines is 1. The first-order chi connectivity index (χ1) is 11.2. The Bertz CT molecular complexity index is 950. The number of aromatic nitrogens is 5. The Morgan fingerprint density at radius 3 is 2.96 bits per heavy atom. The molecular formula is C16H16N6S. The molecule has 0 spiro atoms. The first-order valence-corrected chi connectivity index (χ1v) is 8.19. The van der Waals surface area contributed by atoms with Gasteiger partial charge in [-0.2, -0.15) is 5.10 Å². The number of aryl methyl sites for hydroxylation is 1. The summed E-state index contributed by atoms with van der Waals surface area (Å²) in [5, 5.41) is 9.94. The molecule has 0 atom stereocenters. The van der Waals surface area contributed by atoms with E-state index in [1.54, 1.807) is 23.7 Å². The minimum absolute atomic E-state index is 0.764. The van der Waals surface area contributed by atoms with Gasteiger partial charge in [-0.1, -0.05) is 6.07 Å². The van der Waals surface area contributed by atoms with E-state index in [1.807, 2.05) is 35.4 Å². The maximum atomic E-state index is 4.75. The number of thiophene rings is 1. The lowest BCUT2D eigenvalue weighted by molar-refractivity contribution is 0.740. The van der Waals surface area contributed by atoms with Gasteiger partial charge >= 0.3 is 0 Å². The largest absolute Gasteiger partial charge is 0.364 e. The van der Waals surface area contributed by atoms with Crippen LogP contribution in [0.2, 0.25) is 0 Å². The van der Waals surface area contributed by atoms with E-state index in [-0.39, 0.29) is 0 Å². The molecule has 0 radical (unpaired) electrons. The van der Waals surface area contributed by atoms with Crippen molar-refractivity contribution in [2.24, 2.45) is 7.05 Å². The second-order valence-electron chi connectivity index (χ2n) is 5.31. The molecule has 23 heavy (non-hydrogen) atoms. The Balaban J connectivity index is 1.82. The summed E-state index contributed by atoms with van der Waals surface area (Å²) < 4.78 is 3.89. The van der Waals surface area contributed by atoms with E-state index in [0.29, 0.717) is 0 Å². The number of hydrogen-bond donors (Lipinski definition) is 1. The fraction of sp³-hybridized carbons (Fsp3) is 0.188. The molecule has 0 unspecified atom stereocenters. The van der Waals surface area contributed by atoms with E-state index in [4.69, 9.17) is 4.98 Å². The summed E-state index contributed by atoms with van der Waals surface area (Å²) in [6.07, 6.45) is 7.32. The molecule has 4 aromatic heterocycles. The number of rotatable bonds is 4. The van der Waals surface area contributed by atoms with Crippen LogP contribution in [-0.2, 0) is 13.6 Å². The highest BCUT2D eigenvalue weighted by Gasteiger charge is 2.17. The van der Waals surface area contributed by atoms with Gasteiger partial charge in [-0.25, -0.2) is 4.98 Å². The van der Waals surface area contributed by atoms with Gasteiger partial charge in [-0.05, 0) is 18.4 Å². The van der Waals surface area contributed by atoms with E-state index in [9.17, 15) is 0 Å². The minimum atomic E-state index is 0.764. The Kier molecular flexibility index (Phi) is 3.34. The SMILES string of the molecule is Cc1c(-c2nc3cnccn3c2NCc2cccs2)cnn1C. The predicted molar refractivity (Wildman–Crippen MR) is 91.6 cm³/mol. The normalized spacial score (nSPS) is 11.2. The maximum absolute atomic E-state index is 4.75. The first kappa shape index (κ1) is 14.0. The number of imidazole rings is 1. The lowest BCUT2D eigenvalue weighted by Crippen LogP contribution is -2.02. The van der Waals surface area contributed by atoms with Gasteiger partial charge in [0, 0.05) is 35.6 Å². The lowest BCUT2D eigenvalue weighted by atomic mass is 10.2. The zero-order chi connectivity index (χ0) is 15.8. The summed E-state index contributed by atoms with van der Waals surface area (Å²) in [5.74, 6) is 0.965. The van der Waals surface area contributed by atoms with Gasteiger partial charge in [0.05, 0.1) is 18.9 Å². The number of fused-ring (bicyclic) bond motifs is 1. The fourth-order valence-corrected chi connectivity index (χ4v) is 3.22. The summed E-state index contributed by atoms with van der Waals surface area (Å²) in [7, 11) is 1.94. The summed E-state index contributed by atoms with van der Waals surface area (Å²) in [4.78, 5) is 10.2. The van der Waals surface area contributed by atoms with Gasteiger partial charge in [0.1, 0.15) is 11.5 Å². The average Bonchev–Trinajstić information content (AvgIpc) is 3.26. The van der Waals surface area contributed by atoms with Crippen LogP contribution in [0.25, 0.3) is 16.9 Å². The highest BCUT2D eigenvalue weighted by molar-refractivity contribution is 7.09. The molecule has 0 aliphatic rings. The quantitative estimate of drug-likeness (QED) is 0.626. The van der Waals surface area contributed by atoms with Gasteiger partial charge in [0.15, 0.2) is 5.65 Å². The van der Waals surface area contributed by atoms with E-state index < -0.39 is 0 Å². The highest BCUT2D eigenvalue weighted by Crippen LogP contribution is 2.31. The highest BCUT2D eigenvalue weighted by atomic mass is 32.1. The monoisotopic (exact) mass is 324 g/mol. The Hall–Kier alpha value is -2.67. The van der Waals surface area contributed by atoms with E-state index >= 15 is 0 Å². The van der Waals surface area contributed by atoms with Crippen molar-refractivity contribution in [2.75, 3.05) is 5.32 Å². The second kappa shape index (κ2) is 5.51. The van der Waals surface area contributed by atoms with Crippen molar-refractivity contribution >= 4 is 22.8 Å². The van der Waals surface area contributed by atoms with Gasteiger partial charge in [-0.3, -0.25) is 14.1 Å². The van der Waals surface area contributed by atoms with Crippen LogP contribution >= 0.6 is 11.3 Å². The molecule has 0 amide bonds. The summed E-state index contributed by atoms with van der Waals surface area (Å²) in [5.41, 5.74) is 3.84. The van der Waals surface area contributed by atoms with Crippen LogP contribution < -0.4 is 5.32 Å². The molecule has 6 nitrogen and oxygen atoms in total. The van der Waals surface area contributed by atoms with Crippen molar-refractivity contribution in [3.05, 3.63) is 52.9 Å². The van der Waals surface area contributed by atoms with Crippen molar-refractivity contribution < 1.29 is 0 Å². The summed E-state index contributed by atoms with van der Waals surface area (Å²) in [6.45, 7) is 2.81. The first-order valence-electron chi connectivity index (χ1n) is 7.31. The summed E-state index contributed by atoms with van der Waals surface area (Å²) >= 11 is 1.74. The molecule has 4 rings (SSSR count). The summed E-state index contributed by atoms with van der Waals surface area (Å²) in [6, 6.07) is 4.18. The van der Waals surface area contributed by atoms with Crippen LogP contribution in [0.1, 0.15) is 10.6 Å². The van der Waals surface area contributed by atoms with Crippen molar-refractivity contribution in [3.8, 4) is 11.3 Å². The van der Waals surface area contributed by atoms with Crippen LogP contribution in [0.5, 0.6) is 0 Å². The van der Waals surface area contributed by atoms with Crippen LogP contribution in [0.3, 0.4) is 0 Å². The van der Waals surface area contributed by atoms with E-state index in [0.717, 1.165) is 35.0 Å². The molecule has 0 aliphatic carbocycles. The third-order valence-corrected chi connectivity index (χ3v) is 4.81. The van der Waals surface area contributed by atoms with Crippen LogP contribution in [-0.4, -0.2) is 24.1 Å². The number of nitrogens with zero attached hydrogens (tertiary/aromatic N) is 5. The molecule has 0 aromatic carbocycles. The van der Waals surface area contributed by atoms with E-state index in [2.05, 4.69) is 32.9 Å². The third-order valence-electron chi connectivity index (χ3n) is 3.93. The molecule has 0 aliphatic heterocycles. The van der Waals surface area contributed by atoms with Gasteiger partial charge in [0.2, 0.25) is 0 Å². The third kappa shape index (κ3) is 2.39. The lowest BCUT2D eigenvalue weighted by Gasteiger charge is -2.07. The Morgan fingerprint density at radius 2 is 2.22 bits per heavy atom. The zero-order valence-electron chi connectivity index (χ0n) is 12.9. The van der Waals surface area contributed by atoms with Crippen molar-refractivity contribution in [2.45, 2.75) is 13.5 Å². The smallest absolute Gasteiger partial charge is 0.157 e. The standard InChI is InChI=1S/C16H16N6S/c1-11-13(9-19-21(11)2)15-16(18-8-12-4-3-7-23-12)22-6-5-17-10-14(22)20-15/h3-7,9-10,18H,8H2,1-2H3. The Labute approximate surface area is 137 Å². The molecule has 0 saturated heterocycles. The van der Waals surface area contributed by atoms with Crippen molar-refractivity contribution in [1.29, 1.82) is 0 Å². The minimum Gasteiger partial charge on any atom is -0.364 e. The van der Waals surface area contributed by atoms with Gasteiger partial charge in [0.25, 0.3) is 0 Å². The van der Waals surface area contributed by atoms with Crippen LogP contribution in [0.4, 0.5) is 5.82 Å². The predicted octanol–water partition coefficient (Wildman–Crippen LogP) is 3.11. The van der Waals surface area contributed by atoms with Gasteiger partial charge < -0.3 is 5.32 Å². The topological polar surface area (TPSA) is 60.0 Å². The molecule has 1 N–H and O–H groups in total. The molecule has 4 aromatic rings. The zero-order valence-corrected chi connectivity index (χ0v) is 13.7. The number of nitrogens with one attached hydrogen (secondary N) is 1. The van der Waals surface area contributed by atoms with Crippen molar-refractivity contribution in [1.82, 2.24) is 24.1 Å². The van der Waals surface area contributed by atoms with Crippen molar-refractivity contribution in [3.63, 3.8) is 0 Å². The average molecular weight is 324 g/mol. The van der Waals surface area contributed by atoms with E-state index in [1.165, 1.54) is 4.88 Å². The molecule has 4 heterocycles. The molecule has 0 fully saturated rings. The maximum Gasteiger partial charge on any atom is 0.157 e.